The summed E-state index contributed by atoms with van der Waals surface area (Å²) in [6, 6.07) is 19.3. The topological polar surface area (TPSA) is 15.7 Å². The third-order valence-corrected chi connectivity index (χ3v) is 3.91. The Kier molecular flexibility index (Phi) is 4.41. The molecular formula is C18H22N2O. The molecule has 0 spiro atoms. The Morgan fingerprint density at radius 2 is 1.76 bits per heavy atom. The molecule has 0 aromatic heterocycles. The number of anilines is 2. The van der Waals surface area contributed by atoms with Gasteiger partial charge < -0.3 is 14.5 Å². The van der Waals surface area contributed by atoms with Gasteiger partial charge in [0.2, 0.25) is 0 Å². The van der Waals surface area contributed by atoms with Gasteiger partial charge in [0, 0.05) is 38.1 Å². The first-order valence-corrected chi connectivity index (χ1v) is 7.51. The van der Waals surface area contributed by atoms with Crippen molar-refractivity contribution in [2.24, 2.45) is 0 Å². The largest absolute Gasteiger partial charge is 0.378 e. The third-order valence-electron chi connectivity index (χ3n) is 3.91. The quantitative estimate of drug-likeness (QED) is 0.856. The smallest absolute Gasteiger partial charge is 0.0642 e. The van der Waals surface area contributed by atoms with Gasteiger partial charge in [-0.25, -0.2) is 0 Å². The summed E-state index contributed by atoms with van der Waals surface area (Å²) in [6.45, 7) is 4.53. The Bertz CT molecular complexity index is 564. The van der Waals surface area contributed by atoms with Crippen LogP contribution in [0.25, 0.3) is 0 Å². The lowest BCUT2D eigenvalue weighted by atomic mass is 10.2. The van der Waals surface area contributed by atoms with E-state index in [9.17, 15) is 0 Å². The van der Waals surface area contributed by atoms with Gasteiger partial charge in [0.15, 0.2) is 0 Å². The Balaban J connectivity index is 1.72. The molecule has 1 heterocycles. The summed E-state index contributed by atoms with van der Waals surface area (Å²) >= 11 is 0. The zero-order valence-corrected chi connectivity index (χ0v) is 12.5. The van der Waals surface area contributed by atoms with Gasteiger partial charge in [-0.2, -0.15) is 0 Å². The van der Waals surface area contributed by atoms with Gasteiger partial charge in [-0.15, -0.1) is 0 Å². The predicted molar refractivity (Wildman–Crippen MR) is 88.0 cm³/mol. The molecule has 1 fully saturated rings. The van der Waals surface area contributed by atoms with E-state index < -0.39 is 0 Å². The second-order valence-electron chi connectivity index (χ2n) is 5.46. The fraction of sp³-hybridized carbons (Fsp3) is 0.333. The average Bonchev–Trinajstić information content (AvgIpc) is 2.57. The Morgan fingerprint density at radius 3 is 2.52 bits per heavy atom. The van der Waals surface area contributed by atoms with Crippen LogP contribution in [0.4, 0.5) is 11.4 Å². The van der Waals surface area contributed by atoms with Crippen molar-refractivity contribution in [3.63, 3.8) is 0 Å². The van der Waals surface area contributed by atoms with E-state index in [1.54, 1.807) is 0 Å². The van der Waals surface area contributed by atoms with Crippen LogP contribution in [0.15, 0.2) is 54.6 Å². The summed E-state index contributed by atoms with van der Waals surface area (Å²) < 4.78 is 5.43. The van der Waals surface area contributed by atoms with Crippen molar-refractivity contribution in [1.29, 1.82) is 0 Å². The van der Waals surface area contributed by atoms with Gasteiger partial charge in [0.1, 0.15) is 0 Å². The zero-order chi connectivity index (χ0) is 14.5. The number of nitrogens with zero attached hydrogens (tertiary/aromatic N) is 2. The first-order chi connectivity index (χ1) is 10.3. The van der Waals surface area contributed by atoms with Gasteiger partial charge in [-0.05, 0) is 23.8 Å². The second-order valence-corrected chi connectivity index (χ2v) is 5.46. The van der Waals surface area contributed by atoms with E-state index in [1.807, 2.05) is 0 Å². The Labute approximate surface area is 126 Å². The molecule has 0 bridgehead atoms. The van der Waals surface area contributed by atoms with Crippen molar-refractivity contribution in [3.05, 3.63) is 60.2 Å². The van der Waals surface area contributed by atoms with E-state index in [2.05, 4.69) is 71.4 Å². The highest BCUT2D eigenvalue weighted by Gasteiger charge is 2.12. The summed E-state index contributed by atoms with van der Waals surface area (Å²) in [6.07, 6.45) is 0. The first-order valence-electron chi connectivity index (χ1n) is 7.51. The number of hydrogen-bond acceptors (Lipinski definition) is 3. The molecule has 2 aromatic rings. The van der Waals surface area contributed by atoms with E-state index in [4.69, 9.17) is 4.74 Å². The highest BCUT2D eigenvalue weighted by Crippen LogP contribution is 2.23. The van der Waals surface area contributed by atoms with Crippen molar-refractivity contribution >= 4 is 11.4 Å². The first kappa shape index (κ1) is 14.0. The van der Waals surface area contributed by atoms with Crippen molar-refractivity contribution in [1.82, 2.24) is 0 Å². The van der Waals surface area contributed by atoms with Crippen LogP contribution < -0.4 is 9.80 Å². The van der Waals surface area contributed by atoms with Crippen molar-refractivity contribution in [3.8, 4) is 0 Å². The summed E-state index contributed by atoms with van der Waals surface area (Å²) in [4.78, 5) is 4.68. The molecule has 3 rings (SSSR count). The lowest BCUT2D eigenvalue weighted by Crippen LogP contribution is -2.36. The summed E-state index contributed by atoms with van der Waals surface area (Å²) in [5, 5.41) is 0. The summed E-state index contributed by atoms with van der Waals surface area (Å²) in [5.74, 6) is 0. The molecule has 3 heteroatoms. The molecule has 3 nitrogen and oxygen atoms in total. The minimum absolute atomic E-state index is 0.823. The predicted octanol–water partition coefficient (Wildman–Crippen LogP) is 3.16. The van der Waals surface area contributed by atoms with Crippen LogP contribution in [0.1, 0.15) is 5.56 Å². The lowest BCUT2D eigenvalue weighted by molar-refractivity contribution is 0.122. The highest BCUT2D eigenvalue weighted by atomic mass is 16.5. The highest BCUT2D eigenvalue weighted by molar-refractivity contribution is 5.59. The van der Waals surface area contributed by atoms with Crippen LogP contribution in [0.5, 0.6) is 0 Å². The summed E-state index contributed by atoms with van der Waals surface area (Å²) in [5.41, 5.74) is 3.87. The number of ether oxygens (including phenoxy) is 1. The van der Waals surface area contributed by atoms with E-state index >= 15 is 0 Å². The van der Waals surface area contributed by atoms with E-state index in [0.717, 1.165) is 32.8 Å². The number of morpholine rings is 1. The molecule has 0 aliphatic carbocycles. The molecule has 2 aromatic carbocycles. The maximum atomic E-state index is 5.43. The third kappa shape index (κ3) is 3.56. The molecule has 21 heavy (non-hydrogen) atoms. The van der Waals surface area contributed by atoms with Crippen LogP contribution in [-0.4, -0.2) is 33.4 Å². The minimum atomic E-state index is 0.823. The number of benzene rings is 2. The molecule has 0 saturated carbocycles. The fourth-order valence-corrected chi connectivity index (χ4v) is 2.70. The van der Waals surface area contributed by atoms with Crippen LogP contribution in [0.2, 0.25) is 0 Å². The second kappa shape index (κ2) is 6.64. The standard InChI is InChI=1S/C18H22N2O/c1-19(15-16-6-3-2-4-7-16)17-8-5-9-18(14-17)20-10-12-21-13-11-20/h2-9,14H,10-13,15H2,1H3. The Morgan fingerprint density at radius 1 is 1.00 bits per heavy atom. The molecular weight excluding hydrogens is 260 g/mol. The van der Waals surface area contributed by atoms with E-state index in [-0.39, 0.29) is 0 Å². The maximum Gasteiger partial charge on any atom is 0.0642 e. The normalized spacial score (nSPS) is 15.0. The minimum Gasteiger partial charge on any atom is -0.378 e. The monoisotopic (exact) mass is 282 g/mol. The van der Waals surface area contributed by atoms with Gasteiger partial charge in [0.05, 0.1) is 13.2 Å². The van der Waals surface area contributed by atoms with Gasteiger partial charge in [-0.3, -0.25) is 0 Å². The van der Waals surface area contributed by atoms with Crippen molar-refractivity contribution in [2.45, 2.75) is 6.54 Å². The SMILES string of the molecule is CN(Cc1ccccc1)c1cccc(N2CCOCC2)c1. The van der Waals surface area contributed by atoms with Crippen LogP contribution in [-0.2, 0) is 11.3 Å². The molecule has 0 radical (unpaired) electrons. The van der Waals surface area contributed by atoms with Crippen LogP contribution in [0, 0.1) is 0 Å². The maximum absolute atomic E-state index is 5.43. The molecule has 1 saturated heterocycles. The fourth-order valence-electron chi connectivity index (χ4n) is 2.70. The van der Waals surface area contributed by atoms with Gasteiger partial charge in [0.25, 0.3) is 0 Å². The van der Waals surface area contributed by atoms with Crippen molar-refractivity contribution in [2.75, 3.05) is 43.2 Å². The Hall–Kier alpha value is -2.00. The van der Waals surface area contributed by atoms with Crippen LogP contribution in [0.3, 0.4) is 0 Å². The molecule has 0 amide bonds. The number of hydrogen-bond donors (Lipinski definition) is 0. The number of rotatable bonds is 4. The van der Waals surface area contributed by atoms with E-state index in [0.29, 0.717) is 0 Å². The van der Waals surface area contributed by atoms with Gasteiger partial charge >= 0.3 is 0 Å². The lowest BCUT2D eigenvalue weighted by Gasteiger charge is -2.30. The van der Waals surface area contributed by atoms with Crippen LogP contribution >= 0.6 is 0 Å². The molecule has 0 unspecified atom stereocenters. The molecule has 110 valence electrons. The molecule has 1 aliphatic rings. The molecule has 0 N–H and O–H groups in total. The van der Waals surface area contributed by atoms with Gasteiger partial charge in [-0.1, -0.05) is 36.4 Å². The zero-order valence-electron chi connectivity index (χ0n) is 12.5. The molecule has 1 aliphatic heterocycles. The van der Waals surface area contributed by atoms with E-state index in [1.165, 1.54) is 16.9 Å². The summed E-state index contributed by atoms with van der Waals surface area (Å²) in [7, 11) is 2.14. The average molecular weight is 282 g/mol. The van der Waals surface area contributed by atoms with Crippen molar-refractivity contribution < 1.29 is 4.74 Å². The molecule has 0 atom stereocenters.